The number of amides is 4. The van der Waals surface area contributed by atoms with Gasteiger partial charge in [0.2, 0.25) is 11.8 Å². The molecule has 4 amide bonds. The predicted molar refractivity (Wildman–Crippen MR) is 156 cm³/mol. The van der Waals surface area contributed by atoms with Gasteiger partial charge in [-0.1, -0.05) is 36.6 Å². The molecule has 6 rings (SSSR count). The lowest BCUT2D eigenvalue weighted by molar-refractivity contribution is -0.153. The van der Waals surface area contributed by atoms with Crippen LogP contribution in [0.4, 0.5) is 0 Å². The molecule has 2 aromatic rings. The second-order valence-corrected chi connectivity index (χ2v) is 12.2. The zero-order valence-corrected chi connectivity index (χ0v) is 24.7. The summed E-state index contributed by atoms with van der Waals surface area (Å²) in [7, 11) is 0. The summed E-state index contributed by atoms with van der Waals surface area (Å²) in [6.45, 7) is 2.63. The molecule has 0 spiro atoms. The first-order chi connectivity index (χ1) is 20.7. The third-order valence-corrected chi connectivity index (χ3v) is 9.73. The summed E-state index contributed by atoms with van der Waals surface area (Å²) in [5.41, 5.74) is 1.99. The molecule has 0 aromatic heterocycles. The van der Waals surface area contributed by atoms with Crippen molar-refractivity contribution in [3.8, 4) is 5.75 Å². The van der Waals surface area contributed by atoms with Crippen molar-refractivity contribution in [2.24, 2.45) is 11.8 Å². The highest BCUT2D eigenvalue weighted by Crippen LogP contribution is 2.44. The Hall–Kier alpha value is -3.92. The Bertz CT molecular complexity index is 1470. The molecule has 43 heavy (non-hydrogen) atoms. The number of rotatable bonds is 6. The fourth-order valence-corrected chi connectivity index (χ4v) is 7.40. The highest BCUT2D eigenvalue weighted by Gasteiger charge is 2.45. The molecule has 2 fully saturated rings. The van der Waals surface area contributed by atoms with E-state index >= 15 is 0 Å². The fourth-order valence-electron chi connectivity index (χ4n) is 7.14. The number of carboxylic acid groups (broad SMARTS) is 1. The highest BCUT2D eigenvalue weighted by molar-refractivity contribution is 6.31. The minimum atomic E-state index is -0.990. The van der Waals surface area contributed by atoms with Gasteiger partial charge in [-0.3, -0.25) is 28.9 Å². The average Bonchev–Trinajstić information content (AvgIpc) is 3.57. The van der Waals surface area contributed by atoms with Crippen LogP contribution in [-0.2, 0) is 20.8 Å². The number of aliphatic carboxylic acids is 1. The smallest absolute Gasteiger partial charge is 0.307 e. The summed E-state index contributed by atoms with van der Waals surface area (Å²) < 4.78 is 6.48. The number of benzene rings is 2. The zero-order valence-electron chi connectivity index (χ0n) is 24.0. The third kappa shape index (κ3) is 5.26. The topological polar surface area (TPSA) is 125 Å². The maximum atomic E-state index is 14.3. The van der Waals surface area contributed by atoms with Gasteiger partial charge in [0.05, 0.1) is 42.1 Å². The van der Waals surface area contributed by atoms with Gasteiger partial charge < -0.3 is 19.6 Å². The molecule has 4 aliphatic rings. The number of hydrogen-bond acceptors (Lipinski definition) is 6. The Morgan fingerprint density at radius 2 is 1.63 bits per heavy atom. The van der Waals surface area contributed by atoms with E-state index in [2.05, 4.69) is 0 Å². The quantitative estimate of drug-likeness (QED) is 0.493. The molecular formula is C32H34ClN3O7. The summed E-state index contributed by atoms with van der Waals surface area (Å²) in [5.74, 6) is -3.24. The van der Waals surface area contributed by atoms with Gasteiger partial charge >= 0.3 is 5.97 Å². The van der Waals surface area contributed by atoms with Crippen LogP contribution in [0.1, 0.15) is 76.9 Å². The van der Waals surface area contributed by atoms with Crippen LogP contribution >= 0.6 is 11.6 Å². The molecule has 226 valence electrons. The van der Waals surface area contributed by atoms with E-state index in [4.69, 9.17) is 16.3 Å². The zero-order chi connectivity index (χ0) is 30.4. The van der Waals surface area contributed by atoms with E-state index in [1.807, 2.05) is 0 Å². The Balaban J connectivity index is 1.40. The Kier molecular flexibility index (Phi) is 7.89. The molecule has 2 aromatic carbocycles. The molecule has 3 aliphatic heterocycles. The van der Waals surface area contributed by atoms with Crippen LogP contribution in [0.2, 0.25) is 5.02 Å². The van der Waals surface area contributed by atoms with Crippen molar-refractivity contribution >= 4 is 41.2 Å². The second kappa shape index (κ2) is 11.6. The number of likely N-dealkylation sites (tertiary alicyclic amines) is 1. The first kappa shape index (κ1) is 29.2. The summed E-state index contributed by atoms with van der Waals surface area (Å²) in [5, 5.41) is 10.4. The lowest BCUT2D eigenvalue weighted by Crippen LogP contribution is -2.50. The van der Waals surface area contributed by atoms with E-state index in [9.17, 15) is 29.1 Å². The molecule has 0 bridgehead atoms. The number of hydrogen-bond donors (Lipinski definition) is 1. The van der Waals surface area contributed by atoms with Crippen molar-refractivity contribution < 1.29 is 33.8 Å². The normalized spacial score (nSPS) is 25.0. The summed E-state index contributed by atoms with van der Waals surface area (Å²) in [6, 6.07) is 9.30. The Labute approximate surface area is 254 Å². The lowest BCUT2D eigenvalue weighted by Gasteiger charge is -2.42. The van der Waals surface area contributed by atoms with Gasteiger partial charge in [0.15, 0.2) is 0 Å². The number of carboxylic acids is 1. The van der Waals surface area contributed by atoms with Gasteiger partial charge in [0.1, 0.15) is 11.9 Å². The third-order valence-electron chi connectivity index (χ3n) is 9.37. The number of carbonyl (C=O) groups excluding carboxylic acids is 4. The minimum Gasteiger partial charge on any atom is -0.488 e. The largest absolute Gasteiger partial charge is 0.488 e. The first-order valence-electron chi connectivity index (χ1n) is 14.9. The molecule has 1 saturated heterocycles. The lowest BCUT2D eigenvalue weighted by atomic mass is 9.77. The maximum absolute atomic E-state index is 14.3. The number of halogens is 1. The minimum absolute atomic E-state index is 0.0371. The summed E-state index contributed by atoms with van der Waals surface area (Å²) in [4.78, 5) is 69.8. The number of imide groups is 1. The van der Waals surface area contributed by atoms with Crippen molar-refractivity contribution in [2.75, 3.05) is 26.2 Å². The molecular weight excluding hydrogens is 574 g/mol. The Morgan fingerprint density at radius 1 is 0.953 bits per heavy atom. The van der Waals surface area contributed by atoms with E-state index < -0.39 is 35.7 Å². The molecule has 1 saturated carbocycles. The SMILES string of the molecule is CC(=O)N1CC[C@H](Oc2ccc(Cl)c3c2[C@@H](CN2C(=O)c4ccccc4C2=O)N(C(=O)[C@@H]2CCCC[C@@H]2C(=O)O)CC3)C1. The van der Waals surface area contributed by atoms with Gasteiger partial charge in [0, 0.05) is 37.0 Å². The van der Waals surface area contributed by atoms with Gasteiger partial charge in [-0.2, -0.15) is 0 Å². The number of ether oxygens (including phenoxy) is 1. The van der Waals surface area contributed by atoms with Crippen LogP contribution < -0.4 is 4.74 Å². The first-order valence-corrected chi connectivity index (χ1v) is 15.3. The standard InChI is InChI=1S/C32H34ClN3O7/c1-18(37)34-14-12-19(16-34)43-27-11-10-25(33)24-13-15-35(29(38)22-8-4-5-9-23(22)32(41)42)26(28(24)27)17-36-30(39)20-6-2-3-7-21(20)31(36)40/h2-3,6-7,10-11,19,22-23,26H,4-5,8-9,12-17H2,1H3,(H,41,42)/t19-,22+,23-,26+/m0/s1. The number of nitrogens with zero attached hydrogens (tertiary/aromatic N) is 3. The van der Waals surface area contributed by atoms with Crippen LogP contribution in [0.25, 0.3) is 0 Å². The van der Waals surface area contributed by atoms with Gasteiger partial charge in [-0.15, -0.1) is 0 Å². The molecule has 4 atom stereocenters. The summed E-state index contributed by atoms with van der Waals surface area (Å²) >= 11 is 6.71. The summed E-state index contributed by atoms with van der Waals surface area (Å²) in [6.07, 6.45) is 3.13. The van der Waals surface area contributed by atoms with E-state index in [-0.39, 0.29) is 31.0 Å². The molecule has 1 N–H and O–H groups in total. The number of fused-ring (bicyclic) bond motifs is 2. The second-order valence-electron chi connectivity index (χ2n) is 11.8. The van der Waals surface area contributed by atoms with Crippen LogP contribution in [0, 0.1) is 11.8 Å². The molecule has 0 unspecified atom stereocenters. The van der Waals surface area contributed by atoms with Crippen molar-refractivity contribution in [2.45, 2.75) is 57.6 Å². The molecule has 3 heterocycles. The van der Waals surface area contributed by atoms with Gasteiger partial charge in [-0.05, 0) is 49.1 Å². The van der Waals surface area contributed by atoms with E-state index in [0.29, 0.717) is 66.2 Å². The van der Waals surface area contributed by atoms with E-state index in [1.165, 1.54) is 6.92 Å². The number of carbonyl (C=O) groups is 5. The van der Waals surface area contributed by atoms with Crippen LogP contribution in [0.5, 0.6) is 5.75 Å². The monoisotopic (exact) mass is 607 g/mol. The maximum Gasteiger partial charge on any atom is 0.307 e. The highest BCUT2D eigenvalue weighted by atomic mass is 35.5. The van der Waals surface area contributed by atoms with Gasteiger partial charge in [-0.25, -0.2) is 0 Å². The fraction of sp³-hybridized carbons (Fsp3) is 0.469. The van der Waals surface area contributed by atoms with Crippen molar-refractivity contribution in [1.29, 1.82) is 0 Å². The average molecular weight is 608 g/mol. The van der Waals surface area contributed by atoms with E-state index in [1.54, 1.807) is 46.2 Å². The van der Waals surface area contributed by atoms with Crippen molar-refractivity contribution in [3.05, 3.63) is 63.7 Å². The van der Waals surface area contributed by atoms with Gasteiger partial charge in [0.25, 0.3) is 11.8 Å². The van der Waals surface area contributed by atoms with Crippen LogP contribution in [-0.4, -0.2) is 81.7 Å². The molecule has 1 aliphatic carbocycles. The van der Waals surface area contributed by atoms with E-state index in [0.717, 1.165) is 23.3 Å². The molecule has 10 nitrogen and oxygen atoms in total. The predicted octanol–water partition coefficient (Wildman–Crippen LogP) is 3.95. The van der Waals surface area contributed by atoms with Crippen molar-refractivity contribution in [3.63, 3.8) is 0 Å². The molecule has 0 radical (unpaired) electrons. The Morgan fingerprint density at radius 3 is 2.26 bits per heavy atom. The molecule has 11 heteroatoms. The van der Waals surface area contributed by atoms with Crippen LogP contribution in [0.3, 0.4) is 0 Å². The van der Waals surface area contributed by atoms with Crippen molar-refractivity contribution in [1.82, 2.24) is 14.7 Å². The van der Waals surface area contributed by atoms with Crippen LogP contribution in [0.15, 0.2) is 36.4 Å².